The number of hydrogen-bond donors (Lipinski definition) is 2. The van der Waals surface area contributed by atoms with Gasteiger partial charge in [-0.1, -0.05) is 6.42 Å². The summed E-state index contributed by atoms with van der Waals surface area (Å²) in [6, 6.07) is 0.855. The molecule has 0 spiro atoms. The highest BCUT2D eigenvalue weighted by Gasteiger charge is 2.36. The maximum Gasteiger partial charge on any atom is 0.168 e. The molecule has 1 fully saturated rings. The summed E-state index contributed by atoms with van der Waals surface area (Å²) in [6.07, 6.45) is 5.53. The number of anilines is 2. The van der Waals surface area contributed by atoms with Crippen molar-refractivity contribution in [1.82, 2.24) is 4.98 Å². The fourth-order valence-electron chi connectivity index (χ4n) is 2.03. The molecule has 1 heterocycles. The van der Waals surface area contributed by atoms with Gasteiger partial charge in [0, 0.05) is 24.4 Å². The minimum absolute atomic E-state index is 0.0608. The van der Waals surface area contributed by atoms with E-state index in [1.807, 2.05) is 0 Å². The van der Waals surface area contributed by atoms with Crippen LogP contribution in [0.4, 0.5) is 20.4 Å². The van der Waals surface area contributed by atoms with Crippen LogP contribution >= 0.6 is 11.8 Å². The molecular formula is C12H17F2N3S. The third-order valence-corrected chi connectivity index (χ3v) is 4.86. The topological polar surface area (TPSA) is 37.0 Å². The first-order valence-electron chi connectivity index (χ1n) is 5.93. The fourth-order valence-corrected chi connectivity index (χ4v) is 2.95. The molecular weight excluding hydrogens is 256 g/mol. The number of rotatable bonds is 5. The van der Waals surface area contributed by atoms with Crippen LogP contribution in [0.15, 0.2) is 6.07 Å². The van der Waals surface area contributed by atoms with E-state index in [4.69, 9.17) is 0 Å². The lowest BCUT2D eigenvalue weighted by molar-refractivity contribution is 0.379. The zero-order valence-electron chi connectivity index (χ0n) is 10.5. The van der Waals surface area contributed by atoms with E-state index < -0.39 is 11.6 Å². The molecule has 2 rings (SSSR count). The van der Waals surface area contributed by atoms with Gasteiger partial charge in [0.05, 0.1) is 0 Å². The molecule has 0 atom stereocenters. The second-order valence-electron chi connectivity index (χ2n) is 4.49. The molecule has 0 unspecified atom stereocenters. The zero-order valence-corrected chi connectivity index (χ0v) is 11.3. The van der Waals surface area contributed by atoms with Crippen LogP contribution in [-0.2, 0) is 0 Å². The summed E-state index contributed by atoms with van der Waals surface area (Å²) in [5.41, 5.74) is 0. The fraction of sp³-hybridized carbons (Fsp3) is 0.583. The quantitative estimate of drug-likeness (QED) is 0.864. The molecule has 1 aliphatic carbocycles. The highest BCUT2D eigenvalue weighted by Crippen LogP contribution is 2.42. The van der Waals surface area contributed by atoms with Crippen LogP contribution in [0.5, 0.6) is 0 Å². The number of nitrogens with one attached hydrogen (secondary N) is 2. The summed E-state index contributed by atoms with van der Waals surface area (Å²) in [5, 5.41) is 5.60. The van der Waals surface area contributed by atoms with Crippen LogP contribution in [0.2, 0.25) is 0 Å². The number of nitrogens with zero attached hydrogens (tertiary/aromatic N) is 1. The van der Waals surface area contributed by atoms with Crippen LogP contribution in [-0.4, -0.2) is 29.6 Å². The summed E-state index contributed by atoms with van der Waals surface area (Å²) >= 11 is 1.79. The minimum Gasteiger partial charge on any atom is -0.371 e. The second-order valence-corrected chi connectivity index (χ2v) is 5.77. The van der Waals surface area contributed by atoms with E-state index >= 15 is 0 Å². The highest BCUT2D eigenvalue weighted by molar-refractivity contribution is 8.00. The van der Waals surface area contributed by atoms with Crippen molar-refractivity contribution in [3.8, 4) is 0 Å². The lowest BCUT2D eigenvalue weighted by Crippen LogP contribution is -2.40. The highest BCUT2D eigenvalue weighted by atomic mass is 32.2. The smallest absolute Gasteiger partial charge is 0.168 e. The van der Waals surface area contributed by atoms with Gasteiger partial charge in [-0.05, 0) is 19.1 Å². The van der Waals surface area contributed by atoms with Crippen molar-refractivity contribution in [2.45, 2.75) is 24.0 Å². The lowest BCUT2D eigenvalue weighted by Gasteiger charge is -2.40. The molecule has 100 valence electrons. The standard InChI is InChI=1S/C12H17F2N3S/c1-15-10-8(13)6-9(14)11(17-10)16-7-12(18-2)4-3-5-12/h6H,3-5,7H2,1-2H3,(H2,15,16,17). The first-order chi connectivity index (χ1) is 8.60. The molecule has 1 aliphatic rings. The Bertz CT molecular complexity index is 430. The monoisotopic (exact) mass is 273 g/mol. The van der Waals surface area contributed by atoms with Gasteiger partial charge in [-0.2, -0.15) is 11.8 Å². The molecule has 1 saturated carbocycles. The van der Waals surface area contributed by atoms with Crippen molar-refractivity contribution >= 4 is 23.4 Å². The van der Waals surface area contributed by atoms with E-state index in [0.29, 0.717) is 6.54 Å². The van der Waals surface area contributed by atoms with Crippen LogP contribution in [0.3, 0.4) is 0 Å². The second kappa shape index (κ2) is 5.30. The molecule has 0 amide bonds. The molecule has 2 N–H and O–H groups in total. The van der Waals surface area contributed by atoms with Gasteiger partial charge in [0.2, 0.25) is 0 Å². The van der Waals surface area contributed by atoms with Crippen LogP contribution < -0.4 is 10.6 Å². The predicted molar refractivity (Wildman–Crippen MR) is 72.3 cm³/mol. The van der Waals surface area contributed by atoms with Gasteiger partial charge in [0.1, 0.15) is 0 Å². The minimum atomic E-state index is -0.677. The van der Waals surface area contributed by atoms with Crippen molar-refractivity contribution in [3.63, 3.8) is 0 Å². The van der Waals surface area contributed by atoms with Crippen molar-refractivity contribution in [2.24, 2.45) is 0 Å². The van der Waals surface area contributed by atoms with E-state index in [2.05, 4.69) is 21.9 Å². The largest absolute Gasteiger partial charge is 0.371 e. The van der Waals surface area contributed by atoms with E-state index in [-0.39, 0.29) is 16.4 Å². The SMILES string of the molecule is CNc1nc(NCC2(SC)CCC2)c(F)cc1F. The van der Waals surface area contributed by atoms with Crippen LogP contribution in [0.1, 0.15) is 19.3 Å². The number of hydrogen-bond acceptors (Lipinski definition) is 4. The summed E-state index contributed by atoms with van der Waals surface area (Å²) in [7, 11) is 1.56. The van der Waals surface area contributed by atoms with Gasteiger partial charge in [-0.15, -0.1) is 0 Å². The first-order valence-corrected chi connectivity index (χ1v) is 7.15. The molecule has 0 bridgehead atoms. The molecule has 1 aromatic rings. The summed E-state index contributed by atoms with van der Waals surface area (Å²) in [5.74, 6) is -1.15. The molecule has 0 aliphatic heterocycles. The third kappa shape index (κ3) is 2.53. The molecule has 6 heteroatoms. The van der Waals surface area contributed by atoms with Gasteiger partial charge in [0.15, 0.2) is 23.3 Å². The Morgan fingerprint density at radius 3 is 2.50 bits per heavy atom. The van der Waals surface area contributed by atoms with Gasteiger partial charge in [0.25, 0.3) is 0 Å². The molecule has 1 aromatic heterocycles. The van der Waals surface area contributed by atoms with Gasteiger partial charge < -0.3 is 10.6 Å². The molecule has 0 aromatic carbocycles. The molecule has 0 saturated heterocycles. The molecule has 3 nitrogen and oxygen atoms in total. The van der Waals surface area contributed by atoms with Gasteiger partial charge >= 0.3 is 0 Å². The van der Waals surface area contributed by atoms with E-state index in [1.165, 1.54) is 6.42 Å². The summed E-state index contributed by atoms with van der Waals surface area (Å²) < 4.78 is 27.0. The lowest BCUT2D eigenvalue weighted by atomic mass is 9.84. The Kier molecular flexibility index (Phi) is 3.94. The Balaban J connectivity index is 2.09. The Morgan fingerprint density at radius 1 is 1.33 bits per heavy atom. The van der Waals surface area contributed by atoms with Crippen molar-refractivity contribution in [3.05, 3.63) is 17.7 Å². The number of halogens is 2. The maximum atomic E-state index is 13.6. The zero-order chi connectivity index (χ0) is 13.2. The predicted octanol–water partition coefficient (Wildman–Crippen LogP) is 3.10. The average molecular weight is 273 g/mol. The summed E-state index contributed by atoms with van der Waals surface area (Å²) in [6.45, 7) is 0.660. The third-order valence-electron chi connectivity index (χ3n) is 3.44. The van der Waals surface area contributed by atoms with Crippen LogP contribution in [0, 0.1) is 11.6 Å². The Morgan fingerprint density at radius 2 is 2.00 bits per heavy atom. The van der Waals surface area contributed by atoms with Crippen molar-refractivity contribution in [2.75, 3.05) is 30.5 Å². The van der Waals surface area contributed by atoms with Crippen molar-refractivity contribution in [1.29, 1.82) is 0 Å². The normalized spacial score (nSPS) is 17.1. The number of thioether (sulfide) groups is 1. The Labute approximate surface area is 110 Å². The maximum absolute atomic E-state index is 13.6. The van der Waals surface area contributed by atoms with Crippen molar-refractivity contribution < 1.29 is 8.78 Å². The van der Waals surface area contributed by atoms with E-state index in [0.717, 1.165) is 18.9 Å². The Hall–Kier alpha value is -1.04. The number of aromatic nitrogens is 1. The summed E-state index contributed by atoms with van der Waals surface area (Å²) in [4.78, 5) is 3.90. The molecule has 0 radical (unpaired) electrons. The van der Waals surface area contributed by atoms with Gasteiger partial charge in [-0.3, -0.25) is 0 Å². The first kappa shape index (κ1) is 13.4. The van der Waals surface area contributed by atoms with Gasteiger partial charge in [-0.25, -0.2) is 13.8 Å². The van der Waals surface area contributed by atoms with E-state index in [9.17, 15) is 8.78 Å². The van der Waals surface area contributed by atoms with E-state index in [1.54, 1.807) is 18.8 Å². The van der Waals surface area contributed by atoms with Crippen LogP contribution in [0.25, 0.3) is 0 Å². The molecule has 18 heavy (non-hydrogen) atoms. The number of pyridine rings is 1. The average Bonchev–Trinajstić information content (AvgIpc) is 2.30.